The quantitative estimate of drug-likeness (QED) is 0.561. The number of fused-ring (bicyclic) bond motifs is 1. The van der Waals surface area contributed by atoms with Crippen LogP contribution in [0.1, 0.15) is 47.9 Å². The molecule has 3 aromatic rings. The number of carbonyl (C=O) groups is 1. The van der Waals surface area contributed by atoms with Crippen LogP contribution in [0.3, 0.4) is 0 Å². The highest BCUT2D eigenvalue weighted by atomic mass is 19.1. The molecule has 6 nitrogen and oxygen atoms in total. The zero-order chi connectivity index (χ0) is 19.9. The highest BCUT2D eigenvalue weighted by Crippen LogP contribution is 2.41. The fraction of sp³-hybridized carbons (Fsp3) is 0.286. The van der Waals surface area contributed by atoms with Crippen molar-refractivity contribution in [1.29, 1.82) is 0 Å². The zero-order valence-electron chi connectivity index (χ0n) is 15.7. The summed E-state index contributed by atoms with van der Waals surface area (Å²) < 4.78 is 16.0. The van der Waals surface area contributed by atoms with Gasteiger partial charge < -0.3 is 10.5 Å². The maximum Gasteiger partial charge on any atom is 0.257 e. The van der Waals surface area contributed by atoms with Gasteiger partial charge in [-0.2, -0.15) is 9.83 Å². The zero-order valence-corrected chi connectivity index (χ0v) is 15.7. The summed E-state index contributed by atoms with van der Waals surface area (Å²) in [5.74, 6) is -0.631. The molecule has 28 heavy (non-hydrogen) atoms. The number of benzene rings is 1. The van der Waals surface area contributed by atoms with Crippen molar-refractivity contribution >= 4 is 5.91 Å². The Labute approximate surface area is 162 Å². The van der Waals surface area contributed by atoms with E-state index in [1.54, 1.807) is 29.1 Å². The van der Waals surface area contributed by atoms with Crippen LogP contribution >= 0.6 is 0 Å². The van der Waals surface area contributed by atoms with Crippen LogP contribution in [0.15, 0.2) is 55.0 Å². The first kappa shape index (κ1) is 18.2. The van der Waals surface area contributed by atoms with Gasteiger partial charge in [-0.15, -0.1) is 0 Å². The standard InChI is InChI=1S/C21H21FN4O2/c1-21(2)10-18(24-20(27)14-5-4-8-25(28)13-14)17-12-23-26(19(17)11-21)16-7-3-6-15(22)9-16/h3-9,12-13,18H,10-11H2,1-2H3,(H,24,27)/t18-/m1/s1. The first-order chi connectivity index (χ1) is 13.3. The molecule has 0 radical (unpaired) electrons. The SMILES string of the molecule is CC1(C)Cc2c(cnn2-c2cccc(F)c2)[C@H](NC(=O)c2ccc[n+]([O-])c2)C1. The summed E-state index contributed by atoms with van der Waals surface area (Å²) in [5.41, 5.74) is 2.76. The minimum Gasteiger partial charge on any atom is -0.619 e. The second-order valence-electron chi connectivity index (χ2n) is 7.96. The van der Waals surface area contributed by atoms with E-state index in [4.69, 9.17) is 0 Å². The Kier molecular flexibility index (Phi) is 4.37. The highest BCUT2D eigenvalue weighted by molar-refractivity contribution is 5.93. The molecule has 0 saturated carbocycles. The van der Waals surface area contributed by atoms with Crippen molar-refractivity contribution in [3.8, 4) is 5.69 Å². The van der Waals surface area contributed by atoms with Gasteiger partial charge in [0.2, 0.25) is 0 Å². The Morgan fingerprint density at radius 3 is 2.93 bits per heavy atom. The average molecular weight is 380 g/mol. The summed E-state index contributed by atoms with van der Waals surface area (Å²) in [6, 6.07) is 9.21. The molecule has 2 heterocycles. The lowest BCUT2D eigenvalue weighted by Crippen LogP contribution is -2.37. The largest absolute Gasteiger partial charge is 0.619 e. The minimum atomic E-state index is -0.323. The third kappa shape index (κ3) is 3.47. The number of hydrogen-bond donors (Lipinski definition) is 1. The Hall–Kier alpha value is -3.22. The van der Waals surface area contributed by atoms with Crippen LogP contribution in [-0.4, -0.2) is 15.7 Å². The van der Waals surface area contributed by atoms with Gasteiger partial charge in [0.05, 0.1) is 23.6 Å². The molecule has 1 amide bonds. The van der Waals surface area contributed by atoms with Crippen LogP contribution in [0.2, 0.25) is 0 Å². The number of carbonyl (C=O) groups excluding carboxylic acids is 1. The van der Waals surface area contributed by atoms with Crippen molar-refractivity contribution < 1.29 is 13.9 Å². The lowest BCUT2D eigenvalue weighted by Gasteiger charge is -2.36. The first-order valence-electron chi connectivity index (χ1n) is 9.15. The first-order valence-corrected chi connectivity index (χ1v) is 9.15. The lowest BCUT2D eigenvalue weighted by molar-refractivity contribution is -0.605. The Morgan fingerprint density at radius 2 is 2.18 bits per heavy atom. The van der Waals surface area contributed by atoms with E-state index in [-0.39, 0.29) is 23.2 Å². The molecule has 7 heteroatoms. The van der Waals surface area contributed by atoms with Crippen LogP contribution in [0.25, 0.3) is 5.69 Å². The van der Waals surface area contributed by atoms with Crippen molar-refractivity contribution in [2.75, 3.05) is 0 Å². The fourth-order valence-corrected chi connectivity index (χ4v) is 3.83. The second kappa shape index (κ2) is 6.74. The molecule has 0 bridgehead atoms. The molecule has 0 spiro atoms. The number of pyridine rings is 1. The summed E-state index contributed by atoms with van der Waals surface area (Å²) in [5, 5.41) is 19.0. The van der Waals surface area contributed by atoms with E-state index in [1.807, 2.05) is 6.07 Å². The third-order valence-corrected chi connectivity index (χ3v) is 5.07. The lowest BCUT2D eigenvalue weighted by atomic mass is 9.74. The van der Waals surface area contributed by atoms with Crippen LogP contribution < -0.4 is 10.0 Å². The molecule has 1 aliphatic carbocycles. The molecule has 0 unspecified atom stereocenters. The van der Waals surface area contributed by atoms with Gasteiger partial charge in [0, 0.05) is 11.6 Å². The summed E-state index contributed by atoms with van der Waals surface area (Å²) >= 11 is 0. The second-order valence-corrected chi connectivity index (χ2v) is 7.96. The van der Waals surface area contributed by atoms with Crippen LogP contribution in [0, 0.1) is 16.4 Å². The van der Waals surface area contributed by atoms with Crippen LogP contribution in [0.5, 0.6) is 0 Å². The van der Waals surface area contributed by atoms with Gasteiger partial charge in [0.15, 0.2) is 12.4 Å². The predicted octanol–water partition coefficient (Wildman–Crippen LogP) is 3.09. The molecule has 1 aliphatic rings. The van der Waals surface area contributed by atoms with E-state index >= 15 is 0 Å². The molecule has 0 aliphatic heterocycles. The maximum atomic E-state index is 13.7. The van der Waals surface area contributed by atoms with Crippen LogP contribution in [0.4, 0.5) is 4.39 Å². The van der Waals surface area contributed by atoms with Crippen LogP contribution in [-0.2, 0) is 6.42 Å². The Bertz CT molecular complexity index is 1040. The van der Waals surface area contributed by atoms with E-state index in [0.717, 1.165) is 24.1 Å². The van der Waals surface area contributed by atoms with Gasteiger partial charge in [0.25, 0.3) is 5.91 Å². The molecular weight excluding hydrogens is 359 g/mol. The maximum absolute atomic E-state index is 13.7. The van der Waals surface area contributed by atoms with Crippen molar-refractivity contribution in [1.82, 2.24) is 15.1 Å². The van der Waals surface area contributed by atoms with E-state index in [9.17, 15) is 14.4 Å². The van der Waals surface area contributed by atoms with E-state index in [0.29, 0.717) is 16.0 Å². The van der Waals surface area contributed by atoms with Gasteiger partial charge in [-0.3, -0.25) is 4.79 Å². The summed E-state index contributed by atoms with van der Waals surface area (Å²) in [4.78, 5) is 12.7. The number of amides is 1. The van der Waals surface area contributed by atoms with Gasteiger partial charge in [-0.25, -0.2) is 9.07 Å². The molecule has 0 saturated heterocycles. The van der Waals surface area contributed by atoms with Gasteiger partial charge >= 0.3 is 0 Å². The summed E-state index contributed by atoms with van der Waals surface area (Å²) in [6.07, 6.45) is 5.82. The highest BCUT2D eigenvalue weighted by Gasteiger charge is 2.36. The average Bonchev–Trinajstić information content (AvgIpc) is 3.04. The monoisotopic (exact) mass is 380 g/mol. The van der Waals surface area contributed by atoms with E-state index in [2.05, 4.69) is 24.3 Å². The fourth-order valence-electron chi connectivity index (χ4n) is 3.83. The molecule has 4 rings (SSSR count). The van der Waals surface area contributed by atoms with Crippen molar-refractivity contribution in [3.05, 3.63) is 82.8 Å². The smallest absolute Gasteiger partial charge is 0.257 e. The van der Waals surface area contributed by atoms with Gasteiger partial charge in [0.1, 0.15) is 11.4 Å². The molecule has 1 N–H and O–H groups in total. The number of rotatable bonds is 3. The predicted molar refractivity (Wildman–Crippen MR) is 101 cm³/mol. The molecular formula is C21H21FN4O2. The molecule has 0 fully saturated rings. The van der Waals surface area contributed by atoms with Crippen molar-refractivity contribution in [2.45, 2.75) is 32.7 Å². The topological polar surface area (TPSA) is 73.9 Å². The number of aromatic nitrogens is 3. The van der Waals surface area contributed by atoms with E-state index in [1.165, 1.54) is 24.5 Å². The number of halogens is 1. The molecule has 144 valence electrons. The number of nitrogens with zero attached hydrogens (tertiary/aromatic N) is 3. The normalized spacial score (nSPS) is 17.8. The van der Waals surface area contributed by atoms with Gasteiger partial charge in [-0.05, 0) is 42.5 Å². The summed E-state index contributed by atoms with van der Waals surface area (Å²) in [6.45, 7) is 4.26. The molecule has 2 aromatic heterocycles. The molecule has 1 aromatic carbocycles. The summed E-state index contributed by atoms with van der Waals surface area (Å²) in [7, 11) is 0. The third-order valence-electron chi connectivity index (χ3n) is 5.07. The van der Waals surface area contributed by atoms with Gasteiger partial charge in [-0.1, -0.05) is 19.9 Å². The van der Waals surface area contributed by atoms with Crippen molar-refractivity contribution in [2.24, 2.45) is 5.41 Å². The molecule has 1 atom stereocenters. The minimum absolute atomic E-state index is 0.0782. The van der Waals surface area contributed by atoms with E-state index < -0.39 is 0 Å². The number of nitrogens with one attached hydrogen (secondary N) is 1. The number of hydrogen-bond acceptors (Lipinski definition) is 3. The Balaban J connectivity index is 1.69. The Morgan fingerprint density at radius 1 is 1.36 bits per heavy atom. The van der Waals surface area contributed by atoms with Crippen molar-refractivity contribution in [3.63, 3.8) is 0 Å².